The fraction of sp³-hybridized carbons (Fsp3) is 0.348. The van der Waals surface area contributed by atoms with Gasteiger partial charge in [-0.3, -0.25) is 9.69 Å². The van der Waals surface area contributed by atoms with Crippen molar-refractivity contribution in [2.75, 3.05) is 18.4 Å². The molecular formula is C23H26N4O2. The van der Waals surface area contributed by atoms with Crippen LogP contribution in [0.2, 0.25) is 0 Å². The van der Waals surface area contributed by atoms with Crippen molar-refractivity contribution in [1.29, 1.82) is 0 Å². The summed E-state index contributed by atoms with van der Waals surface area (Å²) in [5.74, 6) is 1.22. The monoisotopic (exact) mass is 390 g/mol. The second-order valence-corrected chi connectivity index (χ2v) is 7.81. The van der Waals surface area contributed by atoms with Gasteiger partial charge in [0.05, 0.1) is 12.5 Å². The SMILES string of the molecule is Cc1ccc(-c2noc(CN3CCCC(C(=O)Nc4cccc(C)c4)C3)n2)cc1. The Labute approximate surface area is 170 Å². The Balaban J connectivity index is 1.36. The minimum Gasteiger partial charge on any atom is -0.338 e. The van der Waals surface area contributed by atoms with Crippen LogP contribution in [-0.4, -0.2) is 34.0 Å². The van der Waals surface area contributed by atoms with Gasteiger partial charge in [-0.25, -0.2) is 0 Å². The second-order valence-electron chi connectivity index (χ2n) is 7.81. The number of aryl methyl sites for hydroxylation is 2. The standard InChI is InChI=1S/C23H26N4O2/c1-16-8-10-18(11-9-16)22-25-21(29-26-22)15-27-12-4-6-19(14-27)23(28)24-20-7-3-5-17(2)13-20/h3,5,7-11,13,19H,4,6,12,14-15H2,1-2H3,(H,24,28). The van der Waals surface area contributed by atoms with Crippen LogP contribution in [0.4, 0.5) is 5.69 Å². The van der Waals surface area contributed by atoms with E-state index in [1.165, 1.54) is 5.56 Å². The Bertz CT molecular complexity index is 981. The first-order chi connectivity index (χ1) is 14.1. The minimum atomic E-state index is -0.0382. The number of likely N-dealkylation sites (tertiary alicyclic amines) is 1. The summed E-state index contributed by atoms with van der Waals surface area (Å²) in [6.45, 7) is 6.25. The molecular weight excluding hydrogens is 364 g/mol. The molecule has 1 fully saturated rings. The normalized spacial score (nSPS) is 17.2. The molecule has 2 aromatic carbocycles. The predicted molar refractivity (Wildman–Crippen MR) is 112 cm³/mol. The van der Waals surface area contributed by atoms with E-state index >= 15 is 0 Å². The maximum Gasteiger partial charge on any atom is 0.241 e. The zero-order chi connectivity index (χ0) is 20.2. The molecule has 29 heavy (non-hydrogen) atoms. The summed E-state index contributed by atoms with van der Waals surface area (Å²) in [6.07, 6.45) is 1.87. The van der Waals surface area contributed by atoms with Gasteiger partial charge >= 0.3 is 0 Å². The van der Waals surface area contributed by atoms with Gasteiger partial charge in [0.1, 0.15) is 0 Å². The number of hydrogen-bond acceptors (Lipinski definition) is 5. The van der Waals surface area contributed by atoms with Crippen LogP contribution in [0, 0.1) is 19.8 Å². The van der Waals surface area contributed by atoms with Gasteiger partial charge in [0, 0.05) is 17.8 Å². The molecule has 1 aliphatic heterocycles. The number of nitrogens with zero attached hydrogens (tertiary/aromatic N) is 3. The molecule has 0 aliphatic carbocycles. The molecule has 1 aromatic heterocycles. The van der Waals surface area contributed by atoms with Gasteiger partial charge in [-0.05, 0) is 50.9 Å². The van der Waals surface area contributed by atoms with E-state index in [9.17, 15) is 4.79 Å². The molecule has 0 spiro atoms. The van der Waals surface area contributed by atoms with E-state index in [0.29, 0.717) is 24.8 Å². The van der Waals surface area contributed by atoms with Crippen molar-refractivity contribution >= 4 is 11.6 Å². The maximum absolute atomic E-state index is 12.7. The third-order valence-electron chi connectivity index (χ3n) is 5.30. The topological polar surface area (TPSA) is 71.3 Å². The molecule has 3 aromatic rings. The molecule has 1 atom stereocenters. The summed E-state index contributed by atoms with van der Waals surface area (Å²) in [5.41, 5.74) is 4.13. The van der Waals surface area contributed by atoms with Crippen molar-refractivity contribution in [1.82, 2.24) is 15.0 Å². The largest absolute Gasteiger partial charge is 0.338 e. The Kier molecular flexibility index (Phi) is 5.71. The highest BCUT2D eigenvalue weighted by atomic mass is 16.5. The molecule has 1 aliphatic rings. The number of rotatable bonds is 5. The van der Waals surface area contributed by atoms with Gasteiger partial charge in [-0.1, -0.05) is 47.1 Å². The number of aromatic nitrogens is 2. The van der Waals surface area contributed by atoms with E-state index in [0.717, 1.165) is 36.2 Å². The van der Waals surface area contributed by atoms with Crippen molar-refractivity contribution in [3.63, 3.8) is 0 Å². The van der Waals surface area contributed by atoms with Crippen molar-refractivity contribution in [2.45, 2.75) is 33.2 Å². The van der Waals surface area contributed by atoms with Crippen LogP contribution in [0.25, 0.3) is 11.4 Å². The molecule has 1 N–H and O–H groups in total. The van der Waals surface area contributed by atoms with Gasteiger partial charge in [-0.2, -0.15) is 4.98 Å². The van der Waals surface area contributed by atoms with Gasteiger partial charge in [0.25, 0.3) is 0 Å². The summed E-state index contributed by atoms with van der Waals surface area (Å²) in [4.78, 5) is 19.5. The van der Waals surface area contributed by atoms with E-state index in [2.05, 4.69) is 20.4 Å². The van der Waals surface area contributed by atoms with Gasteiger partial charge in [0.15, 0.2) is 0 Å². The van der Waals surface area contributed by atoms with E-state index in [-0.39, 0.29) is 11.8 Å². The van der Waals surface area contributed by atoms with Gasteiger partial charge in [0.2, 0.25) is 17.6 Å². The Morgan fingerprint density at radius 3 is 2.79 bits per heavy atom. The summed E-state index contributed by atoms with van der Waals surface area (Å²) < 4.78 is 5.45. The maximum atomic E-state index is 12.7. The number of nitrogens with one attached hydrogen (secondary N) is 1. The molecule has 6 heteroatoms. The average molecular weight is 390 g/mol. The third-order valence-corrected chi connectivity index (χ3v) is 5.30. The number of carbonyl (C=O) groups is 1. The van der Waals surface area contributed by atoms with Crippen molar-refractivity contribution in [3.8, 4) is 11.4 Å². The molecule has 6 nitrogen and oxygen atoms in total. The van der Waals surface area contributed by atoms with Crippen LogP contribution in [0.15, 0.2) is 53.1 Å². The number of hydrogen-bond donors (Lipinski definition) is 1. The first-order valence-electron chi connectivity index (χ1n) is 10.1. The van der Waals surface area contributed by atoms with E-state index in [1.807, 2.05) is 62.4 Å². The van der Waals surface area contributed by atoms with Crippen LogP contribution in [-0.2, 0) is 11.3 Å². The van der Waals surface area contributed by atoms with Crippen LogP contribution in [0.1, 0.15) is 29.9 Å². The Morgan fingerprint density at radius 1 is 1.17 bits per heavy atom. The van der Waals surface area contributed by atoms with Crippen LogP contribution >= 0.6 is 0 Å². The lowest BCUT2D eigenvalue weighted by Gasteiger charge is -2.30. The molecule has 1 amide bonds. The number of benzene rings is 2. The summed E-state index contributed by atoms with van der Waals surface area (Å²) >= 11 is 0. The lowest BCUT2D eigenvalue weighted by Crippen LogP contribution is -2.40. The van der Waals surface area contributed by atoms with Crippen LogP contribution < -0.4 is 5.32 Å². The minimum absolute atomic E-state index is 0.0382. The third kappa shape index (κ3) is 4.90. The van der Waals surface area contributed by atoms with Gasteiger partial charge in [-0.15, -0.1) is 0 Å². The zero-order valence-electron chi connectivity index (χ0n) is 16.9. The van der Waals surface area contributed by atoms with E-state index in [4.69, 9.17) is 4.52 Å². The predicted octanol–water partition coefficient (Wildman–Crippen LogP) is 4.20. The fourth-order valence-electron chi connectivity index (χ4n) is 3.71. The molecule has 0 saturated carbocycles. The van der Waals surface area contributed by atoms with E-state index in [1.54, 1.807) is 0 Å². The first kappa shape index (κ1) is 19.3. The zero-order valence-corrected chi connectivity index (χ0v) is 16.9. The molecule has 1 saturated heterocycles. The number of carbonyl (C=O) groups excluding carboxylic acids is 1. The highest BCUT2D eigenvalue weighted by Crippen LogP contribution is 2.22. The highest BCUT2D eigenvalue weighted by Gasteiger charge is 2.27. The summed E-state index contributed by atoms with van der Waals surface area (Å²) in [6, 6.07) is 16.0. The summed E-state index contributed by atoms with van der Waals surface area (Å²) in [7, 11) is 0. The second kappa shape index (κ2) is 8.57. The number of amides is 1. The highest BCUT2D eigenvalue weighted by molar-refractivity contribution is 5.92. The van der Waals surface area contributed by atoms with E-state index < -0.39 is 0 Å². The summed E-state index contributed by atoms with van der Waals surface area (Å²) in [5, 5.41) is 7.16. The number of piperidine rings is 1. The van der Waals surface area contributed by atoms with Crippen LogP contribution in [0.3, 0.4) is 0 Å². The smallest absolute Gasteiger partial charge is 0.241 e. The fourth-order valence-corrected chi connectivity index (χ4v) is 3.71. The Morgan fingerprint density at radius 2 is 2.00 bits per heavy atom. The molecule has 150 valence electrons. The number of anilines is 1. The van der Waals surface area contributed by atoms with Crippen molar-refractivity contribution in [2.24, 2.45) is 5.92 Å². The lowest BCUT2D eigenvalue weighted by molar-refractivity contribution is -0.121. The molecule has 4 rings (SSSR count). The van der Waals surface area contributed by atoms with Crippen molar-refractivity contribution < 1.29 is 9.32 Å². The van der Waals surface area contributed by atoms with Crippen molar-refractivity contribution in [3.05, 3.63) is 65.5 Å². The quantitative estimate of drug-likeness (QED) is 0.707. The van der Waals surface area contributed by atoms with Crippen LogP contribution in [0.5, 0.6) is 0 Å². The average Bonchev–Trinajstić information content (AvgIpc) is 3.17. The molecule has 2 heterocycles. The lowest BCUT2D eigenvalue weighted by atomic mass is 9.97. The Hall–Kier alpha value is -2.99. The molecule has 0 bridgehead atoms. The molecule has 1 unspecified atom stereocenters. The molecule has 0 radical (unpaired) electrons. The van der Waals surface area contributed by atoms with Gasteiger partial charge < -0.3 is 9.84 Å². The first-order valence-corrected chi connectivity index (χ1v) is 10.1.